The standard InChI is InChI=1S/C29H19FN2OS2/c30-22-15-13-20(14-16-22)25-18-34-27-26(25)28(33)32(23-10-2-1-3-11-23)29(31-27)35-17-21-9-6-8-19-7-4-5-12-24(19)21/h1-16,18H,17H2. The Kier molecular flexibility index (Phi) is 5.68. The average Bonchev–Trinajstić information content (AvgIpc) is 3.33. The Bertz CT molecular complexity index is 1720. The molecule has 0 amide bonds. The molecule has 0 N–H and O–H groups in total. The van der Waals surface area contributed by atoms with Crippen molar-refractivity contribution in [3.8, 4) is 16.8 Å². The average molecular weight is 495 g/mol. The lowest BCUT2D eigenvalue weighted by atomic mass is 10.1. The fourth-order valence-corrected chi connectivity index (χ4v) is 6.28. The van der Waals surface area contributed by atoms with Crippen LogP contribution in [0.5, 0.6) is 0 Å². The molecule has 0 aliphatic heterocycles. The van der Waals surface area contributed by atoms with Gasteiger partial charge in [-0.05, 0) is 46.2 Å². The topological polar surface area (TPSA) is 34.9 Å². The molecular formula is C29H19FN2OS2. The van der Waals surface area contributed by atoms with E-state index in [2.05, 4.69) is 30.3 Å². The van der Waals surface area contributed by atoms with Crippen LogP contribution in [0.2, 0.25) is 0 Å². The Morgan fingerprint density at radius 2 is 1.60 bits per heavy atom. The van der Waals surface area contributed by atoms with Gasteiger partial charge in [-0.15, -0.1) is 11.3 Å². The molecule has 35 heavy (non-hydrogen) atoms. The van der Waals surface area contributed by atoms with Crippen molar-refractivity contribution in [1.82, 2.24) is 9.55 Å². The smallest absolute Gasteiger partial charge is 0.268 e. The summed E-state index contributed by atoms with van der Waals surface area (Å²) in [4.78, 5) is 19.6. The highest BCUT2D eigenvalue weighted by atomic mass is 32.2. The first-order valence-corrected chi connectivity index (χ1v) is 13.0. The molecule has 0 bridgehead atoms. The molecule has 0 unspecified atom stereocenters. The largest absolute Gasteiger partial charge is 0.268 e. The van der Waals surface area contributed by atoms with Crippen LogP contribution in [0.3, 0.4) is 0 Å². The number of benzene rings is 4. The summed E-state index contributed by atoms with van der Waals surface area (Å²) in [6, 6.07) is 30.4. The Balaban J connectivity index is 1.50. The van der Waals surface area contributed by atoms with E-state index in [0.717, 1.165) is 16.8 Å². The van der Waals surface area contributed by atoms with Gasteiger partial charge in [0.25, 0.3) is 5.56 Å². The maximum atomic E-state index is 13.9. The quantitative estimate of drug-likeness (QED) is 0.182. The molecule has 0 aliphatic carbocycles. The minimum atomic E-state index is -0.305. The number of fused-ring (bicyclic) bond motifs is 2. The van der Waals surface area contributed by atoms with Gasteiger partial charge in [0, 0.05) is 16.7 Å². The number of halogens is 1. The van der Waals surface area contributed by atoms with Crippen LogP contribution in [0.4, 0.5) is 4.39 Å². The molecule has 0 aliphatic rings. The fraction of sp³-hybridized carbons (Fsp3) is 0.0345. The van der Waals surface area contributed by atoms with Crippen molar-refractivity contribution in [1.29, 1.82) is 0 Å². The summed E-state index contributed by atoms with van der Waals surface area (Å²) >= 11 is 2.99. The molecule has 170 valence electrons. The lowest BCUT2D eigenvalue weighted by Gasteiger charge is -2.13. The molecule has 6 heteroatoms. The van der Waals surface area contributed by atoms with Crippen LogP contribution >= 0.6 is 23.1 Å². The van der Waals surface area contributed by atoms with Gasteiger partial charge >= 0.3 is 0 Å². The van der Waals surface area contributed by atoms with E-state index in [0.29, 0.717) is 21.1 Å². The Morgan fingerprint density at radius 3 is 2.43 bits per heavy atom. The molecule has 0 radical (unpaired) electrons. The summed E-state index contributed by atoms with van der Waals surface area (Å²) < 4.78 is 15.2. The van der Waals surface area contributed by atoms with E-state index in [1.807, 2.05) is 47.8 Å². The van der Waals surface area contributed by atoms with Crippen molar-refractivity contribution in [3.63, 3.8) is 0 Å². The molecule has 6 rings (SSSR count). The minimum absolute atomic E-state index is 0.123. The summed E-state index contributed by atoms with van der Waals surface area (Å²) in [6.07, 6.45) is 0. The highest BCUT2D eigenvalue weighted by Crippen LogP contribution is 2.34. The van der Waals surface area contributed by atoms with Crippen LogP contribution in [0.15, 0.2) is 112 Å². The van der Waals surface area contributed by atoms with E-state index < -0.39 is 0 Å². The number of aromatic nitrogens is 2. The van der Waals surface area contributed by atoms with Gasteiger partial charge in [-0.2, -0.15) is 0 Å². The molecule has 6 aromatic rings. The molecular weight excluding hydrogens is 475 g/mol. The fourth-order valence-electron chi connectivity index (χ4n) is 4.28. The highest BCUT2D eigenvalue weighted by molar-refractivity contribution is 7.98. The van der Waals surface area contributed by atoms with E-state index in [1.54, 1.807) is 28.5 Å². The van der Waals surface area contributed by atoms with Gasteiger partial charge in [0.15, 0.2) is 5.16 Å². The first-order chi connectivity index (χ1) is 17.2. The maximum absolute atomic E-state index is 13.9. The molecule has 0 fully saturated rings. The van der Waals surface area contributed by atoms with Crippen molar-refractivity contribution >= 4 is 44.1 Å². The molecule has 0 saturated carbocycles. The van der Waals surface area contributed by atoms with Crippen molar-refractivity contribution in [2.75, 3.05) is 0 Å². The predicted molar refractivity (Wildman–Crippen MR) is 144 cm³/mol. The third-order valence-electron chi connectivity index (χ3n) is 5.98. The molecule has 0 atom stereocenters. The third-order valence-corrected chi connectivity index (χ3v) is 7.84. The molecule has 3 nitrogen and oxygen atoms in total. The van der Waals surface area contributed by atoms with E-state index >= 15 is 0 Å². The third kappa shape index (κ3) is 4.05. The van der Waals surface area contributed by atoms with Gasteiger partial charge in [-0.3, -0.25) is 9.36 Å². The first-order valence-electron chi connectivity index (χ1n) is 11.1. The number of para-hydroxylation sites is 1. The maximum Gasteiger partial charge on any atom is 0.268 e. The van der Waals surface area contributed by atoms with Crippen LogP contribution in [0, 0.1) is 5.82 Å². The lowest BCUT2D eigenvalue weighted by molar-refractivity contribution is 0.628. The zero-order valence-corrected chi connectivity index (χ0v) is 20.2. The second-order valence-corrected chi connectivity index (χ2v) is 9.93. The number of hydrogen-bond donors (Lipinski definition) is 0. The predicted octanol–water partition coefficient (Wildman–Crippen LogP) is 7.70. The van der Waals surface area contributed by atoms with E-state index in [9.17, 15) is 9.18 Å². The summed E-state index contributed by atoms with van der Waals surface area (Å²) in [7, 11) is 0. The monoisotopic (exact) mass is 494 g/mol. The molecule has 0 saturated heterocycles. The van der Waals surface area contributed by atoms with Crippen molar-refractivity contribution in [3.05, 3.63) is 124 Å². The van der Waals surface area contributed by atoms with E-state index in [-0.39, 0.29) is 11.4 Å². The van der Waals surface area contributed by atoms with Crippen LogP contribution in [0.1, 0.15) is 5.56 Å². The normalized spacial score (nSPS) is 11.3. The van der Waals surface area contributed by atoms with Crippen LogP contribution in [0.25, 0.3) is 37.8 Å². The number of nitrogens with zero attached hydrogens (tertiary/aromatic N) is 2. The Hall–Kier alpha value is -3.74. The van der Waals surface area contributed by atoms with Gasteiger partial charge < -0.3 is 0 Å². The van der Waals surface area contributed by atoms with Crippen LogP contribution < -0.4 is 5.56 Å². The summed E-state index contributed by atoms with van der Waals surface area (Å²) in [6.45, 7) is 0. The Labute approximate surface area is 209 Å². The minimum Gasteiger partial charge on any atom is -0.268 e. The molecule has 2 heterocycles. The second-order valence-electron chi connectivity index (χ2n) is 8.13. The van der Waals surface area contributed by atoms with Gasteiger partial charge in [0.1, 0.15) is 10.6 Å². The summed E-state index contributed by atoms with van der Waals surface area (Å²) in [5.74, 6) is 0.378. The van der Waals surface area contributed by atoms with Gasteiger partial charge in [0.05, 0.1) is 11.1 Å². The first kappa shape index (κ1) is 21.8. The van der Waals surface area contributed by atoms with Gasteiger partial charge in [-0.1, -0.05) is 84.6 Å². The van der Waals surface area contributed by atoms with Crippen molar-refractivity contribution in [2.24, 2.45) is 0 Å². The number of rotatable bonds is 5. The van der Waals surface area contributed by atoms with E-state index in [1.165, 1.54) is 39.8 Å². The van der Waals surface area contributed by atoms with Crippen LogP contribution in [-0.4, -0.2) is 9.55 Å². The zero-order chi connectivity index (χ0) is 23.8. The van der Waals surface area contributed by atoms with Gasteiger partial charge in [0.2, 0.25) is 0 Å². The molecule has 0 spiro atoms. The van der Waals surface area contributed by atoms with Crippen LogP contribution in [-0.2, 0) is 5.75 Å². The van der Waals surface area contributed by atoms with E-state index in [4.69, 9.17) is 4.98 Å². The lowest BCUT2D eigenvalue weighted by Crippen LogP contribution is -2.21. The summed E-state index contributed by atoms with van der Waals surface area (Å²) in [5.41, 5.74) is 3.41. The molecule has 4 aromatic carbocycles. The Morgan fingerprint density at radius 1 is 0.857 bits per heavy atom. The number of thioether (sulfide) groups is 1. The SMILES string of the molecule is O=c1c2c(-c3ccc(F)cc3)csc2nc(SCc2cccc3ccccc23)n1-c1ccccc1. The highest BCUT2D eigenvalue weighted by Gasteiger charge is 2.19. The summed E-state index contributed by atoms with van der Waals surface area (Å²) in [5, 5.41) is 5.53. The number of hydrogen-bond acceptors (Lipinski definition) is 4. The van der Waals surface area contributed by atoms with Crippen molar-refractivity contribution < 1.29 is 4.39 Å². The zero-order valence-electron chi connectivity index (χ0n) is 18.5. The molecule has 2 aromatic heterocycles. The van der Waals surface area contributed by atoms with Gasteiger partial charge in [-0.25, -0.2) is 9.37 Å². The number of thiophene rings is 1. The second kappa shape index (κ2) is 9.13. The van der Waals surface area contributed by atoms with Crippen molar-refractivity contribution in [2.45, 2.75) is 10.9 Å².